The van der Waals surface area contributed by atoms with E-state index in [9.17, 15) is 0 Å². The van der Waals surface area contributed by atoms with Crippen LogP contribution < -0.4 is 24.8 Å². The van der Waals surface area contributed by atoms with Crippen LogP contribution in [0.2, 0.25) is 0 Å². The van der Waals surface area contributed by atoms with E-state index in [4.69, 9.17) is 0 Å². The van der Waals surface area contributed by atoms with E-state index in [2.05, 4.69) is 149 Å². The quantitative estimate of drug-likeness (QED) is 0.375. The summed E-state index contributed by atoms with van der Waals surface area (Å²) in [5.74, 6) is 1.07. The van der Waals surface area contributed by atoms with E-state index >= 15 is 0 Å². The normalized spacial score (nSPS) is 16.9. The van der Waals surface area contributed by atoms with Gasteiger partial charge in [0.1, 0.15) is 0 Å². The zero-order chi connectivity index (χ0) is 29.1. The monoisotopic (exact) mass is 676 g/mol. The third-order valence-electron chi connectivity index (χ3n) is 9.28. The van der Waals surface area contributed by atoms with Gasteiger partial charge >= 0.3 is 253 Å². The van der Waals surface area contributed by atoms with Gasteiger partial charge in [0.25, 0.3) is 0 Å². The number of hydrogen-bond acceptors (Lipinski definition) is 0. The standard InChI is InChI=1S/C21H25.C10H15.C8H8.2ClH.Zr/c1-20(2,3)16-7-9-18-14(12-16)11-15-13-17(21(4,5)6)8-10-19(15)18;1-7(2)10-6-8(3)5-9(10)4;1-2-8-6-4-3-5-7-8;;;/h7-13H,1-6H3;6-8H,1-4H3;3-7H,1H3;2*1H;/q;;;;;+2/p-2. The molecule has 3 heteroatoms. The molecular weight excluding hydrogens is 631 g/mol. The Labute approximate surface area is 276 Å². The molecule has 1 unspecified atom stereocenters. The fraction of sp³-hybridized carbons (Fsp3) is 0.410. The van der Waals surface area contributed by atoms with Crippen LogP contribution in [-0.2, 0) is 32.1 Å². The van der Waals surface area contributed by atoms with E-state index in [0.29, 0.717) is 15.5 Å². The van der Waals surface area contributed by atoms with Gasteiger partial charge in [0.05, 0.1) is 0 Å². The zero-order valence-corrected chi connectivity index (χ0v) is 31.4. The predicted molar refractivity (Wildman–Crippen MR) is 172 cm³/mol. The molecule has 0 fully saturated rings. The molecule has 0 amide bonds. The van der Waals surface area contributed by atoms with Gasteiger partial charge in [-0.1, -0.05) is 0 Å². The van der Waals surface area contributed by atoms with Crippen molar-refractivity contribution in [2.75, 3.05) is 0 Å². The SMILES string of the molecule is CC1=[C](/[Zr+2](=[C](/C)c2ccccc2)[CH]2c3cc(C(C)(C)C)ccc3-c3ccc(C(C)(C)C)cc32)C(C)C=C1C(C)C.[Cl-].[Cl-]. The number of hydrogen-bond donors (Lipinski definition) is 0. The van der Waals surface area contributed by atoms with Crippen LogP contribution in [0.1, 0.15) is 108 Å². The number of allylic oxidation sites excluding steroid dienone is 4. The molecule has 2 aliphatic rings. The molecule has 0 N–H and O–H groups in total. The van der Waals surface area contributed by atoms with Crippen LogP contribution in [0.4, 0.5) is 0 Å². The van der Waals surface area contributed by atoms with E-state index in [1.54, 1.807) is 28.8 Å². The zero-order valence-electron chi connectivity index (χ0n) is 27.4. The van der Waals surface area contributed by atoms with Crippen LogP contribution in [-0.4, -0.2) is 3.21 Å². The van der Waals surface area contributed by atoms with Gasteiger partial charge in [0, 0.05) is 0 Å². The van der Waals surface area contributed by atoms with Crippen molar-refractivity contribution in [3.05, 3.63) is 115 Å². The summed E-state index contributed by atoms with van der Waals surface area (Å²) in [4.78, 5) is 0. The minimum atomic E-state index is -2.57. The molecule has 0 radical (unpaired) electrons. The maximum absolute atomic E-state index is 2.60. The molecule has 222 valence electrons. The van der Waals surface area contributed by atoms with E-state index in [0.717, 1.165) is 0 Å². The molecule has 1 atom stereocenters. The second kappa shape index (κ2) is 12.8. The largest absolute Gasteiger partial charge is 1.00 e. The van der Waals surface area contributed by atoms with Gasteiger partial charge in [0.2, 0.25) is 0 Å². The summed E-state index contributed by atoms with van der Waals surface area (Å²) < 4.78 is 3.96. The summed E-state index contributed by atoms with van der Waals surface area (Å²) in [6, 6.07) is 26.2. The maximum atomic E-state index is 2.60. The molecule has 0 spiro atoms. The first-order valence-corrected chi connectivity index (χ1v) is 19.1. The Balaban J connectivity index is 0.00000242. The van der Waals surface area contributed by atoms with Gasteiger partial charge in [-0.2, -0.15) is 0 Å². The molecule has 3 aromatic rings. The summed E-state index contributed by atoms with van der Waals surface area (Å²) in [6.07, 6.45) is 2.60. The summed E-state index contributed by atoms with van der Waals surface area (Å²) in [7, 11) is 0. The summed E-state index contributed by atoms with van der Waals surface area (Å²) >= 11 is -2.57. The average Bonchev–Trinajstić information content (AvgIpc) is 3.37. The van der Waals surface area contributed by atoms with Crippen LogP contribution in [0.3, 0.4) is 0 Å². The molecule has 3 aromatic carbocycles. The van der Waals surface area contributed by atoms with Crippen LogP contribution in [0.15, 0.2) is 87.2 Å². The molecule has 0 heterocycles. The molecule has 5 rings (SSSR count). The topological polar surface area (TPSA) is 0 Å². The first-order valence-electron chi connectivity index (χ1n) is 15.2. The van der Waals surface area contributed by atoms with E-state index < -0.39 is 21.3 Å². The molecule has 0 saturated heterocycles. The van der Waals surface area contributed by atoms with Crippen molar-refractivity contribution in [2.45, 2.75) is 90.6 Å². The third-order valence-corrected chi connectivity index (χ3v) is 18.4. The second-order valence-electron chi connectivity index (χ2n) is 14.5. The first-order chi connectivity index (χ1) is 18.7. The summed E-state index contributed by atoms with van der Waals surface area (Å²) in [5.41, 5.74) is 13.9. The molecule has 2 aliphatic carbocycles. The molecule has 0 bridgehead atoms. The van der Waals surface area contributed by atoms with E-state index in [1.807, 2.05) is 0 Å². The Morgan fingerprint density at radius 1 is 0.738 bits per heavy atom. The van der Waals surface area contributed by atoms with Crippen molar-refractivity contribution in [1.29, 1.82) is 0 Å². The molecule has 0 saturated carbocycles. The summed E-state index contributed by atoms with van der Waals surface area (Å²) in [5, 5.41) is 0. The van der Waals surface area contributed by atoms with Gasteiger partial charge in [-0.05, 0) is 0 Å². The Kier molecular flexibility index (Phi) is 10.7. The van der Waals surface area contributed by atoms with Gasteiger partial charge in [-0.15, -0.1) is 0 Å². The van der Waals surface area contributed by atoms with Gasteiger partial charge < -0.3 is 24.8 Å². The van der Waals surface area contributed by atoms with Crippen LogP contribution in [0.5, 0.6) is 0 Å². The minimum absolute atomic E-state index is 0. The van der Waals surface area contributed by atoms with E-state index in [-0.39, 0.29) is 35.6 Å². The number of fused-ring (bicyclic) bond motifs is 3. The first kappa shape index (κ1) is 35.0. The average molecular weight is 679 g/mol. The predicted octanol–water partition coefficient (Wildman–Crippen LogP) is 4.72. The van der Waals surface area contributed by atoms with Crippen LogP contribution in [0.25, 0.3) is 11.1 Å². The van der Waals surface area contributed by atoms with Crippen molar-refractivity contribution >= 4 is 3.21 Å². The van der Waals surface area contributed by atoms with E-state index in [1.165, 1.54) is 27.8 Å². The van der Waals surface area contributed by atoms with Crippen molar-refractivity contribution < 1.29 is 46.1 Å². The molecule has 0 nitrogen and oxygen atoms in total. The number of benzene rings is 3. The maximum Gasteiger partial charge on any atom is -1.00 e. The Morgan fingerprint density at radius 3 is 1.62 bits per heavy atom. The molecular formula is C39H48Cl2Zr. The third kappa shape index (κ3) is 6.32. The molecule has 0 aromatic heterocycles. The van der Waals surface area contributed by atoms with Crippen molar-refractivity contribution in [1.82, 2.24) is 0 Å². The van der Waals surface area contributed by atoms with Crippen LogP contribution in [0, 0.1) is 11.8 Å². The van der Waals surface area contributed by atoms with Crippen molar-refractivity contribution in [3.63, 3.8) is 0 Å². The van der Waals surface area contributed by atoms with Crippen LogP contribution >= 0.6 is 0 Å². The second-order valence-corrected chi connectivity index (χ2v) is 21.2. The van der Waals surface area contributed by atoms with Crippen molar-refractivity contribution in [3.8, 4) is 11.1 Å². The smallest absolute Gasteiger partial charge is 1.00 e. The fourth-order valence-corrected chi connectivity index (χ4v) is 16.4. The Hall–Kier alpha value is -1.53. The van der Waals surface area contributed by atoms with Gasteiger partial charge in [-0.3, -0.25) is 0 Å². The van der Waals surface area contributed by atoms with Crippen molar-refractivity contribution in [2.24, 2.45) is 11.8 Å². The van der Waals surface area contributed by atoms with Gasteiger partial charge in [-0.25, -0.2) is 0 Å². The number of halogens is 2. The minimum Gasteiger partial charge on any atom is -1.00 e. The molecule has 42 heavy (non-hydrogen) atoms. The molecule has 0 aliphatic heterocycles. The summed E-state index contributed by atoms with van der Waals surface area (Å²) in [6.45, 7) is 26.3. The Morgan fingerprint density at radius 2 is 1.21 bits per heavy atom. The number of rotatable bonds is 4. The fourth-order valence-electron chi connectivity index (χ4n) is 6.97. The van der Waals surface area contributed by atoms with Gasteiger partial charge in [0.15, 0.2) is 0 Å². The Bertz CT molecular complexity index is 1490.